The fourth-order valence-electron chi connectivity index (χ4n) is 1.35. The third-order valence-corrected chi connectivity index (χ3v) is 2.07. The van der Waals surface area contributed by atoms with Crippen molar-refractivity contribution in [3.8, 4) is 11.5 Å². The van der Waals surface area contributed by atoms with Gasteiger partial charge in [0.15, 0.2) is 11.5 Å². The largest absolute Gasteiger partial charge is 0.504 e. The molecule has 0 spiro atoms. The van der Waals surface area contributed by atoms with Crippen LogP contribution in [0.15, 0.2) is 18.2 Å². The fourth-order valence-corrected chi connectivity index (χ4v) is 1.35. The van der Waals surface area contributed by atoms with Crippen LogP contribution in [-0.2, 0) is 9.53 Å². The van der Waals surface area contributed by atoms with E-state index in [0.29, 0.717) is 12.1 Å². The Bertz CT molecular complexity index is 378. The quantitative estimate of drug-likeness (QED) is 0.524. The number of benzene rings is 1. The van der Waals surface area contributed by atoms with Gasteiger partial charge in [-0.3, -0.25) is 4.79 Å². The maximum atomic E-state index is 10.9. The van der Waals surface area contributed by atoms with Gasteiger partial charge in [0.05, 0.1) is 0 Å². The van der Waals surface area contributed by atoms with Gasteiger partial charge < -0.3 is 20.3 Å². The number of esters is 1. The van der Waals surface area contributed by atoms with Gasteiger partial charge in [0.2, 0.25) is 0 Å². The Hall–Kier alpha value is -1.75. The molecule has 0 fully saturated rings. The molecule has 0 aliphatic heterocycles. The molecule has 1 aromatic carbocycles. The van der Waals surface area contributed by atoms with E-state index in [4.69, 9.17) is 9.84 Å². The summed E-state index contributed by atoms with van der Waals surface area (Å²) in [6, 6.07) is 4.33. The Labute approximate surface area is 93.7 Å². The maximum Gasteiger partial charge on any atom is 0.303 e. The highest BCUT2D eigenvalue weighted by Gasteiger charge is 2.15. The molecular formula is C11H15NO4. The molecule has 0 aliphatic carbocycles. The van der Waals surface area contributed by atoms with Crippen LogP contribution in [0, 0.1) is 0 Å². The van der Waals surface area contributed by atoms with Crippen LogP contribution in [0.1, 0.15) is 18.6 Å². The van der Waals surface area contributed by atoms with Gasteiger partial charge in [0.25, 0.3) is 0 Å². The number of carbonyl (C=O) groups is 1. The molecule has 0 aliphatic rings. The van der Waals surface area contributed by atoms with Gasteiger partial charge >= 0.3 is 5.97 Å². The number of rotatable bonds is 4. The van der Waals surface area contributed by atoms with Crippen molar-refractivity contribution in [2.45, 2.75) is 13.0 Å². The summed E-state index contributed by atoms with van der Waals surface area (Å²) in [7, 11) is 1.73. The zero-order chi connectivity index (χ0) is 12.1. The first kappa shape index (κ1) is 12.3. The van der Waals surface area contributed by atoms with E-state index in [1.807, 2.05) is 0 Å². The lowest BCUT2D eigenvalue weighted by Gasteiger charge is -2.17. The fraction of sp³-hybridized carbons (Fsp3) is 0.364. The highest BCUT2D eigenvalue weighted by molar-refractivity contribution is 5.66. The number of hydrogen-bond acceptors (Lipinski definition) is 5. The molecule has 5 heteroatoms. The molecule has 0 amide bonds. The summed E-state index contributed by atoms with van der Waals surface area (Å²) < 4.78 is 5.08. The molecule has 16 heavy (non-hydrogen) atoms. The Kier molecular flexibility index (Phi) is 4.13. The van der Waals surface area contributed by atoms with Crippen LogP contribution in [0.4, 0.5) is 0 Å². The summed E-state index contributed by atoms with van der Waals surface area (Å²) in [6.07, 6.45) is -0.478. The summed E-state index contributed by atoms with van der Waals surface area (Å²) in [5.74, 6) is -0.826. The van der Waals surface area contributed by atoms with Crippen molar-refractivity contribution in [2.24, 2.45) is 0 Å². The molecule has 1 atom stereocenters. The van der Waals surface area contributed by atoms with Gasteiger partial charge in [0, 0.05) is 13.5 Å². The molecule has 0 radical (unpaired) electrons. The minimum absolute atomic E-state index is 0.199. The van der Waals surface area contributed by atoms with Crippen molar-refractivity contribution < 1.29 is 19.7 Å². The molecule has 0 saturated heterocycles. The Morgan fingerprint density at radius 2 is 2.12 bits per heavy atom. The first-order valence-corrected chi connectivity index (χ1v) is 4.88. The lowest BCUT2D eigenvalue weighted by atomic mass is 10.1. The molecule has 1 aromatic rings. The second-order valence-electron chi connectivity index (χ2n) is 3.40. The average Bonchev–Trinajstić information content (AvgIpc) is 2.21. The Morgan fingerprint density at radius 3 is 2.62 bits per heavy atom. The van der Waals surface area contributed by atoms with Gasteiger partial charge in [-0.2, -0.15) is 0 Å². The van der Waals surface area contributed by atoms with Gasteiger partial charge in [-0.15, -0.1) is 0 Å². The van der Waals surface area contributed by atoms with Crippen molar-refractivity contribution >= 4 is 5.97 Å². The normalized spacial score (nSPS) is 12.1. The van der Waals surface area contributed by atoms with E-state index >= 15 is 0 Å². The van der Waals surface area contributed by atoms with Crippen molar-refractivity contribution in [1.82, 2.24) is 5.32 Å². The van der Waals surface area contributed by atoms with Crippen molar-refractivity contribution in [3.05, 3.63) is 23.8 Å². The van der Waals surface area contributed by atoms with E-state index in [2.05, 4.69) is 5.32 Å². The molecule has 0 bridgehead atoms. The highest BCUT2D eigenvalue weighted by atomic mass is 16.5. The van der Waals surface area contributed by atoms with E-state index < -0.39 is 12.1 Å². The summed E-state index contributed by atoms with van der Waals surface area (Å²) in [6.45, 7) is 1.76. The number of hydrogen-bond donors (Lipinski definition) is 3. The summed E-state index contributed by atoms with van der Waals surface area (Å²) in [5.41, 5.74) is 0.625. The lowest BCUT2D eigenvalue weighted by Crippen LogP contribution is -2.21. The summed E-state index contributed by atoms with van der Waals surface area (Å²) in [5, 5.41) is 21.4. The summed E-state index contributed by atoms with van der Waals surface area (Å²) in [4.78, 5) is 10.9. The first-order chi connectivity index (χ1) is 7.54. The first-order valence-electron chi connectivity index (χ1n) is 4.88. The van der Waals surface area contributed by atoms with Gasteiger partial charge in [0.1, 0.15) is 6.10 Å². The van der Waals surface area contributed by atoms with Crippen LogP contribution < -0.4 is 5.32 Å². The average molecular weight is 225 g/mol. The molecule has 88 valence electrons. The smallest absolute Gasteiger partial charge is 0.303 e. The van der Waals surface area contributed by atoms with Crippen LogP contribution in [0.25, 0.3) is 0 Å². The predicted molar refractivity (Wildman–Crippen MR) is 58.2 cm³/mol. The maximum absolute atomic E-state index is 10.9. The second-order valence-corrected chi connectivity index (χ2v) is 3.40. The number of ether oxygens (including phenoxy) is 1. The molecule has 5 nitrogen and oxygen atoms in total. The number of phenols is 2. The molecule has 0 unspecified atom stereocenters. The van der Waals surface area contributed by atoms with E-state index in [0.717, 1.165) is 0 Å². The second kappa shape index (κ2) is 5.37. The van der Waals surface area contributed by atoms with E-state index in [-0.39, 0.29) is 11.5 Å². The minimum Gasteiger partial charge on any atom is -0.504 e. The molecule has 3 N–H and O–H groups in total. The summed E-state index contributed by atoms with van der Waals surface area (Å²) >= 11 is 0. The van der Waals surface area contributed by atoms with Crippen LogP contribution >= 0.6 is 0 Å². The van der Waals surface area contributed by atoms with Crippen LogP contribution in [0.5, 0.6) is 11.5 Å². The van der Waals surface area contributed by atoms with E-state index in [9.17, 15) is 9.90 Å². The topological polar surface area (TPSA) is 78.8 Å². The lowest BCUT2D eigenvalue weighted by molar-refractivity contribution is -0.146. The molecular weight excluding hydrogens is 210 g/mol. The SMILES string of the molecule is CNC[C@H](OC(C)=O)c1ccc(O)c(O)c1. The minimum atomic E-state index is -0.478. The van der Waals surface area contributed by atoms with Crippen molar-refractivity contribution in [3.63, 3.8) is 0 Å². The Balaban J connectivity index is 2.91. The number of aromatic hydroxyl groups is 2. The number of nitrogens with one attached hydrogen (secondary N) is 1. The Morgan fingerprint density at radius 1 is 1.44 bits per heavy atom. The number of phenolic OH excluding ortho intramolecular Hbond substituents is 2. The van der Waals surface area contributed by atoms with E-state index in [1.54, 1.807) is 13.1 Å². The molecule has 0 saturated carbocycles. The standard InChI is InChI=1S/C11H15NO4/c1-7(13)16-11(6-12-2)8-3-4-9(14)10(15)5-8/h3-5,11-12,14-15H,6H2,1-2H3/t11-/m0/s1. The number of likely N-dealkylation sites (N-methyl/N-ethyl adjacent to an activating group) is 1. The predicted octanol–water partition coefficient (Wildman–Crippen LogP) is 0.921. The third-order valence-electron chi connectivity index (χ3n) is 2.07. The zero-order valence-electron chi connectivity index (χ0n) is 9.23. The molecule has 0 heterocycles. The van der Waals surface area contributed by atoms with Gasteiger partial charge in [-0.1, -0.05) is 6.07 Å². The van der Waals surface area contributed by atoms with Crippen LogP contribution in [0.3, 0.4) is 0 Å². The molecule has 1 rings (SSSR count). The van der Waals surface area contributed by atoms with Gasteiger partial charge in [-0.05, 0) is 24.7 Å². The van der Waals surface area contributed by atoms with Crippen molar-refractivity contribution in [1.29, 1.82) is 0 Å². The number of carbonyl (C=O) groups excluding carboxylic acids is 1. The van der Waals surface area contributed by atoms with E-state index in [1.165, 1.54) is 19.1 Å². The van der Waals surface area contributed by atoms with Crippen LogP contribution in [-0.4, -0.2) is 29.8 Å². The zero-order valence-corrected chi connectivity index (χ0v) is 9.23. The van der Waals surface area contributed by atoms with Gasteiger partial charge in [-0.25, -0.2) is 0 Å². The highest BCUT2D eigenvalue weighted by Crippen LogP contribution is 2.28. The van der Waals surface area contributed by atoms with Crippen molar-refractivity contribution in [2.75, 3.05) is 13.6 Å². The van der Waals surface area contributed by atoms with Crippen LogP contribution in [0.2, 0.25) is 0 Å². The molecule has 0 aromatic heterocycles. The monoisotopic (exact) mass is 225 g/mol. The third kappa shape index (κ3) is 3.13.